The molecule has 0 N–H and O–H groups in total. The third kappa shape index (κ3) is 12.1. The number of esters is 2. The van der Waals surface area contributed by atoms with Crippen molar-refractivity contribution in [3.8, 4) is 0 Å². The summed E-state index contributed by atoms with van der Waals surface area (Å²) in [5, 5.41) is 0. The van der Waals surface area contributed by atoms with Crippen LogP contribution in [0.15, 0.2) is 24.3 Å². The molecule has 1 aromatic carbocycles. The molecule has 0 aliphatic carbocycles. The molecule has 0 bridgehead atoms. The quantitative estimate of drug-likeness (QED) is 0.0978. The first kappa shape index (κ1) is 31.1. The standard InChI is InChI=1S/C30H49FO4/c1-4-7-8-9-10-11-12-13-14-15-16-17-18-21-24-34-28(32)30(5-2,6-3)29(33)35-25-26-22-19-20-23-27(26)31/h19-20,22-23H,4-18,21,24-25H2,1-3H3. The second kappa shape index (κ2) is 19.3. The van der Waals surface area contributed by atoms with E-state index in [0.29, 0.717) is 6.61 Å². The van der Waals surface area contributed by atoms with E-state index in [1.54, 1.807) is 32.0 Å². The number of ether oxygens (including phenoxy) is 2. The maximum Gasteiger partial charge on any atom is 0.323 e. The van der Waals surface area contributed by atoms with Gasteiger partial charge >= 0.3 is 11.9 Å². The second-order valence-electron chi connectivity index (χ2n) is 9.69. The second-order valence-corrected chi connectivity index (χ2v) is 9.69. The van der Waals surface area contributed by atoms with E-state index in [2.05, 4.69) is 6.92 Å². The van der Waals surface area contributed by atoms with Gasteiger partial charge in [0.15, 0.2) is 5.41 Å². The molecule has 0 radical (unpaired) electrons. The fourth-order valence-electron chi connectivity index (χ4n) is 4.41. The average Bonchev–Trinajstić information content (AvgIpc) is 2.87. The number of carbonyl (C=O) groups excluding carboxylic acids is 2. The number of carbonyl (C=O) groups is 2. The van der Waals surface area contributed by atoms with E-state index < -0.39 is 23.2 Å². The van der Waals surface area contributed by atoms with E-state index in [1.807, 2.05) is 0 Å². The maximum absolute atomic E-state index is 13.8. The Labute approximate surface area is 213 Å². The summed E-state index contributed by atoms with van der Waals surface area (Å²) in [6, 6.07) is 6.15. The Morgan fingerprint density at radius 2 is 1.14 bits per heavy atom. The minimum absolute atomic E-state index is 0.195. The molecule has 1 rings (SSSR count). The molecule has 35 heavy (non-hydrogen) atoms. The molecule has 0 saturated carbocycles. The monoisotopic (exact) mass is 492 g/mol. The fraction of sp³-hybridized carbons (Fsp3) is 0.733. The molecule has 0 saturated heterocycles. The first-order valence-corrected chi connectivity index (χ1v) is 14.1. The van der Waals surface area contributed by atoms with Crippen LogP contribution in [0.3, 0.4) is 0 Å². The predicted molar refractivity (Wildman–Crippen MR) is 140 cm³/mol. The molecule has 200 valence electrons. The topological polar surface area (TPSA) is 52.6 Å². The van der Waals surface area contributed by atoms with E-state index in [0.717, 1.165) is 19.3 Å². The summed E-state index contributed by atoms with van der Waals surface area (Å²) in [6.07, 6.45) is 18.3. The van der Waals surface area contributed by atoms with Crippen molar-refractivity contribution >= 4 is 11.9 Å². The van der Waals surface area contributed by atoms with Gasteiger partial charge in [-0.05, 0) is 25.3 Å². The highest BCUT2D eigenvalue weighted by molar-refractivity contribution is 5.99. The minimum atomic E-state index is -1.33. The summed E-state index contributed by atoms with van der Waals surface area (Å²) < 4.78 is 24.6. The smallest absolute Gasteiger partial charge is 0.323 e. The number of hydrogen-bond donors (Lipinski definition) is 0. The number of rotatable bonds is 21. The SMILES string of the molecule is CCCCCCCCCCCCCCCCOC(=O)C(CC)(CC)C(=O)OCc1ccccc1F. The van der Waals surface area contributed by atoms with Crippen molar-refractivity contribution in [2.75, 3.05) is 6.61 Å². The van der Waals surface area contributed by atoms with Crippen LogP contribution in [0.2, 0.25) is 0 Å². The van der Waals surface area contributed by atoms with E-state index >= 15 is 0 Å². The average molecular weight is 493 g/mol. The van der Waals surface area contributed by atoms with Crippen molar-refractivity contribution in [2.45, 2.75) is 130 Å². The predicted octanol–water partition coefficient (Wildman–Crippen LogP) is 8.70. The van der Waals surface area contributed by atoms with Gasteiger partial charge in [0.05, 0.1) is 6.61 Å². The van der Waals surface area contributed by atoms with Crippen LogP contribution in [0.4, 0.5) is 4.39 Å². The summed E-state index contributed by atoms with van der Waals surface area (Å²) in [4.78, 5) is 25.6. The number of unbranched alkanes of at least 4 members (excludes halogenated alkanes) is 13. The Kier molecular flexibility index (Phi) is 17.2. The van der Waals surface area contributed by atoms with Gasteiger partial charge in [-0.2, -0.15) is 0 Å². The van der Waals surface area contributed by atoms with Gasteiger partial charge in [0, 0.05) is 5.56 Å². The molecule has 1 aromatic rings. The van der Waals surface area contributed by atoms with Gasteiger partial charge in [-0.25, -0.2) is 4.39 Å². The molecule has 0 unspecified atom stereocenters. The Morgan fingerprint density at radius 1 is 0.686 bits per heavy atom. The Morgan fingerprint density at radius 3 is 1.63 bits per heavy atom. The molecular formula is C30H49FO4. The van der Waals surface area contributed by atoms with Gasteiger partial charge in [0.25, 0.3) is 0 Å². The Bertz CT molecular complexity index is 699. The maximum atomic E-state index is 13.8. The highest BCUT2D eigenvalue weighted by Crippen LogP contribution is 2.31. The van der Waals surface area contributed by atoms with Crippen LogP contribution in [0, 0.1) is 11.2 Å². The van der Waals surface area contributed by atoms with Gasteiger partial charge < -0.3 is 9.47 Å². The number of benzene rings is 1. The van der Waals surface area contributed by atoms with Gasteiger partial charge in [-0.1, -0.05) is 122 Å². The lowest BCUT2D eigenvalue weighted by Crippen LogP contribution is -2.41. The molecular weight excluding hydrogens is 443 g/mol. The summed E-state index contributed by atoms with van der Waals surface area (Å²) in [6.45, 7) is 5.94. The zero-order chi connectivity index (χ0) is 25.8. The van der Waals surface area contributed by atoms with Gasteiger partial charge in [0.1, 0.15) is 12.4 Å². The van der Waals surface area contributed by atoms with Crippen LogP contribution < -0.4 is 0 Å². The number of hydrogen-bond acceptors (Lipinski definition) is 4. The van der Waals surface area contributed by atoms with Crippen molar-refractivity contribution in [1.29, 1.82) is 0 Å². The largest absolute Gasteiger partial charge is 0.465 e. The molecule has 0 atom stereocenters. The number of halogens is 1. The molecule has 0 aliphatic heterocycles. The van der Waals surface area contributed by atoms with Gasteiger partial charge in [-0.15, -0.1) is 0 Å². The molecule has 0 amide bonds. The molecule has 0 aliphatic rings. The molecule has 0 aromatic heterocycles. The van der Waals surface area contributed by atoms with Crippen LogP contribution in [-0.4, -0.2) is 18.5 Å². The lowest BCUT2D eigenvalue weighted by molar-refractivity contribution is -0.174. The van der Waals surface area contributed by atoms with Crippen LogP contribution in [0.1, 0.15) is 129 Å². The fourth-order valence-corrected chi connectivity index (χ4v) is 4.41. The van der Waals surface area contributed by atoms with Crippen molar-refractivity contribution in [1.82, 2.24) is 0 Å². The molecule has 0 heterocycles. The van der Waals surface area contributed by atoms with Gasteiger partial charge in [-0.3, -0.25) is 9.59 Å². The summed E-state index contributed by atoms with van der Waals surface area (Å²) in [5.41, 5.74) is -1.04. The zero-order valence-electron chi connectivity index (χ0n) is 22.5. The zero-order valence-corrected chi connectivity index (χ0v) is 22.5. The van der Waals surface area contributed by atoms with Crippen molar-refractivity contribution in [3.63, 3.8) is 0 Å². The molecule has 0 fully saturated rings. The highest BCUT2D eigenvalue weighted by Gasteiger charge is 2.46. The van der Waals surface area contributed by atoms with E-state index in [4.69, 9.17) is 9.47 Å². The molecule has 4 nitrogen and oxygen atoms in total. The lowest BCUT2D eigenvalue weighted by atomic mass is 9.82. The Hall–Kier alpha value is -1.91. The highest BCUT2D eigenvalue weighted by atomic mass is 19.1. The van der Waals surface area contributed by atoms with Gasteiger partial charge in [0.2, 0.25) is 0 Å². The third-order valence-corrected chi connectivity index (χ3v) is 7.04. The van der Waals surface area contributed by atoms with Crippen LogP contribution in [0.5, 0.6) is 0 Å². The van der Waals surface area contributed by atoms with Crippen LogP contribution in [-0.2, 0) is 25.7 Å². The normalized spacial score (nSPS) is 11.4. The van der Waals surface area contributed by atoms with E-state index in [-0.39, 0.29) is 25.0 Å². The van der Waals surface area contributed by atoms with E-state index in [1.165, 1.54) is 76.7 Å². The lowest BCUT2D eigenvalue weighted by Gasteiger charge is -2.27. The van der Waals surface area contributed by atoms with Crippen LogP contribution in [0.25, 0.3) is 0 Å². The summed E-state index contributed by atoms with van der Waals surface area (Å²) in [7, 11) is 0. The van der Waals surface area contributed by atoms with Crippen LogP contribution >= 0.6 is 0 Å². The first-order chi connectivity index (χ1) is 17.0. The minimum Gasteiger partial charge on any atom is -0.465 e. The third-order valence-electron chi connectivity index (χ3n) is 7.04. The van der Waals surface area contributed by atoms with Crippen molar-refractivity contribution in [3.05, 3.63) is 35.6 Å². The van der Waals surface area contributed by atoms with Crippen molar-refractivity contribution < 1.29 is 23.5 Å². The Balaban J connectivity index is 2.18. The first-order valence-electron chi connectivity index (χ1n) is 14.1. The summed E-state index contributed by atoms with van der Waals surface area (Å²) in [5.74, 6) is -1.60. The van der Waals surface area contributed by atoms with Crippen molar-refractivity contribution in [2.24, 2.45) is 5.41 Å². The summed E-state index contributed by atoms with van der Waals surface area (Å²) >= 11 is 0. The molecule has 5 heteroatoms. The van der Waals surface area contributed by atoms with E-state index in [9.17, 15) is 14.0 Å². The molecule has 0 spiro atoms.